The molecule has 0 bridgehead atoms. The Morgan fingerprint density at radius 2 is 2.07 bits per heavy atom. The largest absolute Gasteiger partial charge is 0.396 e. The number of hydrogen-bond donors (Lipinski definition) is 1. The summed E-state index contributed by atoms with van der Waals surface area (Å²) < 4.78 is 25.7. The van der Waals surface area contributed by atoms with Crippen LogP contribution in [0.4, 0.5) is 8.78 Å². The third kappa shape index (κ3) is 2.60. The second-order valence-electron chi connectivity index (χ2n) is 2.87. The first-order chi connectivity index (χ1) is 6.65. The summed E-state index contributed by atoms with van der Waals surface area (Å²) in [7, 11) is 0. The number of ketones is 1. The summed E-state index contributed by atoms with van der Waals surface area (Å²) in [5.41, 5.74) is -0.251. The van der Waals surface area contributed by atoms with E-state index in [1.807, 2.05) is 0 Å². The zero-order valence-corrected chi connectivity index (χ0v) is 7.46. The van der Waals surface area contributed by atoms with Crippen molar-refractivity contribution in [2.45, 2.75) is 12.8 Å². The molecule has 0 radical (unpaired) electrons. The van der Waals surface area contributed by atoms with Crippen molar-refractivity contribution in [1.82, 2.24) is 0 Å². The third-order valence-corrected chi connectivity index (χ3v) is 1.79. The van der Waals surface area contributed by atoms with E-state index in [0.29, 0.717) is 0 Å². The molecule has 0 amide bonds. The minimum Gasteiger partial charge on any atom is -0.396 e. The first-order valence-electron chi connectivity index (χ1n) is 4.24. The monoisotopic (exact) mass is 200 g/mol. The van der Waals surface area contributed by atoms with Crippen LogP contribution in [0.5, 0.6) is 0 Å². The molecule has 0 aromatic heterocycles. The number of aliphatic hydroxyl groups excluding tert-OH is 1. The van der Waals surface area contributed by atoms with Gasteiger partial charge in [-0.2, -0.15) is 0 Å². The first kappa shape index (κ1) is 10.8. The fraction of sp³-hybridized carbons (Fsp3) is 0.300. The van der Waals surface area contributed by atoms with Crippen molar-refractivity contribution in [2.75, 3.05) is 6.61 Å². The summed E-state index contributed by atoms with van der Waals surface area (Å²) in [5.74, 6) is -1.86. The Hall–Kier alpha value is -1.29. The Bertz CT molecular complexity index is 337. The number of aliphatic hydroxyl groups is 1. The van der Waals surface area contributed by atoms with Crippen LogP contribution < -0.4 is 0 Å². The Labute approximate surface area is 80.2 Å². The molecule has 14 heavy (non-hydrogen) atoms. The molecule has 0 aliphatic rings. The SMILES string of the molecule is O=C(CCCO)c1cc(F)ccc1F. The second kappa shape index (κ2) is 4.81. The van der Waals surface area contributed by atoms with Gasteiger partial charge in [0, 0.05) is 13.0 Å². The highest BCUT2D eigenvalue weighted by atomic mass is 19.1. The minimum absolute atomic E-state index is 0.0247. The number of halogens is 2. The molecular formula is C10H10F2O2. The molecule has 1 aromatic rings. The van der Waals surface area contributed by atoms with Crippen LogP contribution in [-0.2, 0) is 0 Å². The molecule has 0 aliphatic carbocycles. The van der Waals surface area contributed by atoms with Crippen LogP contribution in [-0.4, -0.2) is 17.5 Å². The van der Waals surface area contributed by atoms with Gasteiger partial charge in [-0.25, -0.2) is 8.78 Å². The topological polar surface area (TPSA) is 37.3 Å². The molecule has 0 spiro atoms. The van der Waals surface area contributed by atoms with E-state index in [2.05, 4.69) is 0 Å². The van der Waals surface area contributed by atoms with Gasteiger partial charge in [0.25, 0.3) is 0 Å². The average molecular weight is 200 g/mol. The first-order valence-corrected chi connectivity index (χ1v) is 4.24. The Morgan fingerprint density at radius 3 is 2.71 bits per heavy atom. The number of carbonyl (C=O) groups excluding carboxylic acids is 1. The van der Waals surface area contributed by atoms with E-state index in [0.717, 1.165) is 18.2 Å². The molecule has 0 saturated carbocycles. The maximum Gasteiger partial charge on any atom is 0.166 e. The molecule has 4 heteroatoms. The lowest BCUT2D eigenvalue weighted by atomic mass is 10.1. The quantitative estimate of drug-likeness (QED) is 0.754. The second-order valence-corrected chi connectivity index (χ2v) is 2.87. The van der Waals surface area contributed by atoms with E-state index in [4.69, 9.17) is 5.11 Å². The summed E-state index contributed by atoms with van der Waals surface area (Å²) in [4.78, 5) is 11.3. The summed E-state index contributed by atoms with van der Waals surface area (Å²) >= 11 is 0. The van der Waals surface area contributed by atoms with Crippen LogP contribution in [0.3, 0.4) is 0 Å². The maximum absolute atomic E-state index is 13.0. The molecule has 0 saturated heterocycles. The minimum atomic E-state index is -0.727. The average Bonchev–Trinajstić information content (AvgIpc) is 2.18. The van der Waals surface area contributed by atoms with Gasteiger partial charge in [0.05, 0.1) is 5.56 Å². The van der Waals surface area contributed by atoms with Crippen molar-refractivity contribution in [1.29, 1.82) is 0 Å². The van der Waals surface area contributed by atoms with Crippen molar-refractivity contribution >= 4 is 5.78 Å². The smallest absolute Gasteiger partial charge is 0.166 e. The lowest BCUT2D eigenvalue weighted by Gasteiger charge is -2.01. The summed E-state index contributed by atoms with van der Waals surface area (Å²) in [6.07, 6.45) is 0.283. The van der Waals surface area contributed by atoms with E-state index in [9.17, 15) is 13.6 Å². The Morgan fingerprint density at radius 1 is 1.36 bits per heavy atom. The zero-order valence-electron chi connectivity index (χ0n) is 7.46. The third-order valence-electron chi connectivity index (χ3n) is 1.79. The number of rotatable bonds is 4. The maximum atomic E-state index is 13.0. The highest BCUT2D eigenvalue weighted by molar-refractivity contribution is 5.96. The zero-order chi connectivity index (χ0) is 10.6. The predicted octanol–water partition coefficient (Wildman–Crippen LogP) is 1.92. The van der Waals surface area contributed by atoms with Gasteiger partial charge in [-0.1, -0.05) is 0 Å². The number of carbonyl (C=O) groups is 1. The molecule has 0 heterocycles. The van der Waals surface area contributed by atoms with E-state index in [1.165, 1.54) is 0 Å². The van der Waals surface area contributed by atoms with E-state index < -0.39 is 17.4 Å². The highest BCUT2D eigenvalue weighted by Gasteiger charge is 2.11. The molecule has 76 valence electrons. The van der Waals surface area contributed by atoms with Gasteiger partial charge in [0.2, 0.25) is 0 Å². The number of Topliss-reactive ketones (excluding diaryl/α,β-unsaturated/α-hetero) is 1. The van der Waals surface area contributed by atoms with Crippen LogP contribution in [0, 0.1) is 11.6 Å². The van der Waals surface area contributed by atoms with Gasteiger partial charge in [-0.15, -0.1) is 0 Å². The molecular weight excluding hydrogens is 190 g/mol. The summed E-state index contributed by atoms with van der Waals surface area (Å²) in [5, 5.41) is 8.47. The van der Waals surface area contributed by atoms with Gasteiger partial charge >= 0.3 is 0 Å². The molecule has 0 aliphatic heterocycles. The molecule has 1 N–H and O–H groups in total. The molecule has 1 aromatic carbocycles. The van der Waals surface area contributed by atoms with Crippen molar-refractivity contribution < 1.29 is 18.7 Å². The fourth-order valence-corrected chi connectivity index (χ4v) is 1.09. The molecule has 0 unspecified atom stereocenters. The van der Waals surface area contributed by atoms with Gasteiger partial charge < -0.3 is 5.11 Å². The number of benzene rings is 1. The van der Waals surface area contributed by atoms with Crippen molar-refractivity contribution in [3.8, 4) is 0 Å². The van der Waals surface area contributed by atoms with Gasteiger partial charge in [-0.05, 0) is 24.6 Å². The fourth-order valence-electron chi connectivity index (χ4n) is 1.09. The molecule has 1 rings (SSSR count). The van der Waals surface area contributed by atoms with Crippen LogP contribution in [0.2, 0.25) is 0 Å². The van der Waals surface area contributed by atoms with Crippen LogP contribution in [0.1, 0.15) is 23.2 Å². The van der Waals surface area contributed by atoms with Gasteiger partial charge in [-0.3, -0.25) is 4.79 Å². The van der Waals surface area contributed by atoms with E-state index in [1.54, 1.807) is 0 Å². The molecule has 0 atom stereocenters. The normalized spacial score (nSPS) is 10.2. The van der Waals surface area contributed by atoms with Crippen LogP contribution >= 0.6 is 0 Å². The Balaban J connectivity index is 2.83. The van der Waals surface area contributed by atoms with Crippen molar-refractivity contribution in [3.05, 3.63) is 35.4 Å². The van der Waals surface area contributed by atoms with Gasteiger partial charge in [0.1, 0.15) is 11.6 Å². The summed E-state index contributed by atoms with van der Waals surface area (Å²) in [6.45, 7) is -0.136. The van der Waals surface area contributed by atoms with Crippen molar-refractivity contribution in [2.24, 2.45) is 0 Å². The van der Waals surface area contributed by atoms with Crippen LogP contribution in [0.15, 0.2) is 18.2 Å². The van der Waals surface area contributed by atoms with E-state index >= 15 is 0 Å². The predicted molar refractivity (Wildman–Crippen MR) is 47.0 cm³/mol. The molecule has 2 nitrogen and oxygen atoms in total. The number of hydrogen-bond acceptors (Lipinski definition) is 2. The van der Waals surface area contributed by atoms with Crippen LogP contribution in [0.25, 0.3) is 0 Å². The molecule has 0 fully saturated rings. The van der Waals surface area contributed by atoms with Crippen molar-refractivity contribution in [3.63, 3.8) is 0 Å². The lowest BCUT2D eigenvalue weighted by molar-refractivity contribution is 0.0967. The van der Waals surface area contributed by atoms with Gasteiger partial charge in [0.15, 0.2) is 5.78 Å². The summed E-state index contributed by atoms with van der Waals surface area (Å²) in [6, 6.07) is 2.74. The van der Waals surface area contributed by atoms with E-state index in [-0.39, 0.29) is 25.0 Å². The highest BCUT2D eigenvalue weighted by Crippen LogP contribution is 2.12. The lowest BCUT2D eigenvalue weighted by Crippen LogP contribution is -2.04. The standard InChI is InChI=1S/C10H10F2O2/c11-7-3-4-9(12)8(6-7)10(14)2-1-5-13/h3-4,6,13H,1-2,5H2. The Kier molecular flexibility index (Phi) is 3.71.